The zero-order valence-corrected chi connectivity index (χ0v) is 9.81. The van der Waals surface area contributed by atoms with Crippen LogP contribution in [0.15, 0.2) is 12.2 Å². The fourth-order valence-corrected chi connectivity index (χ4v) is 1.11. The van der Waals surface area contributed by atoms with Gasteiger partial charge in [-0.2, -0.15) is 0 Å². The van der Waals surface area contributed by atoms with Crippen LogP contribution in [0.5, 0.6) is 0 Å². The lowest BCUT2D eigenvalue weighted by molar-refractivity contribution is -0.136. The Labute approximate surface area is 93.2 Å². The van der Waals surface area contributed by atoms with Gasteiger partial charge >= 0.3 is 13.8 Å². The van der Waals surface area contributed by atoms with Crippen LogP contribution in [0.1, 0.15) is 6.42 Å². The molecule has 0 fully saturated rings. The standard InChI is InChI=1S/C8H15O7P/c1-7(8(9)13-2)6-14-4-3-5-15-16(10,11)12/h1,3-6H2,2H3,(H2,10,11,12). The topological polar surface area (TPSA) is 102 Å². The minimum absolute atomic E-state index is 0.0165. The maximum Gasteiger partial charge on any atom is 0.469 e. The Bertz CT molecular complexity index is 282. The molecule has 0 aromatic carbocycles. The van der Waals surface area contributed by atoms with Crippen molar-refractivity contribution in [2.24, 2.45) is 0 Å². The molecular formula is C8H15O7P. The van der Waals surface area contributed by atoms with Crippen LogP contribution in [0.25, 0.3) is 0 Å². The normalized spacial score (nSPS) is 11.2. The third kappa shape index (κ3) is 8.58. The first kappa shape index (κ1) is 15.3. The van der Waals surface area contributed by atoms with Crippen molar-refractivity contribution in [2.75, 3.05) is 26.9 Å². The molecule has 0 spiro atoms. The van der Waals surface area contributed by atoms with Crippen molar-refractivity contribution >= 4 is 13.8 Å². The van der Waals surface area contributed by atoms with Gasteiger partial charge in [-0.05, 0) is 6.42 Å². The molecule has 0 heterocycles. The van der Waals surface area contributed by atoms with Crippen molar-refractivity contribution in [3.63, 3.8) is 0 Å². The summed E-state index contributed by atoms with van der Waals surface area (Å²) in [7, 11) is -3.16. The predicted octanol–water partition coefficient (Wildman–Crippen LogP) is 0.232. The van der Waals surface area contributed by atoms with Gasteiger partial charge in [-0.3, -0.25) is 4.52 Å². The number of phosphoric ester groups is 1. The molecular weight excluding hydrogens is 239 g/mol. The van der Waals surface area contributed by atoms with E-state index in [9.17, 15) is 9.36 Å². The smallest absolute Gasteiger partial charge is 0.466 e. The molecule has 0 unspecified atom stereocenters. The zero-order chi connectivity index (χ0) is 12.6. The summed E-state index contributed by atoms with van der Waals surface area (Å²) in [6.45, 7) is 3.53. The van der Waals surface area contributed by atoms with Crippen LogP contribution >= 0.6 is 7.82 Å². The van der Waals surface area contributed by atoms with Crippen LogP contribution in [-0.2, 0) is 23.4 Å². The lowest BCUT2D eigenvalue weighted by atomic mass is 10.3. The molecule has 0 saturated carbocycles. The van der Waals surface area contributed by atoms with Crippen molar-refractivity contribution < 1.29 is 33.1 Å². The molecule has 0 bridgehead atoms. The number of phosphoric acid groups is 1. The summed E-state index contributed by atoms with van der Waals surface area (Å²) in [5, 5.41) is 0. The predicted molar refractivity (Wildman–Crippen MR) is 54.6 cm³/mol. The van der Waals surface area contributed by atoms with E-state index in [0.29, 0.717) is 6.42 Å². The third-order valence-electron chi connectivity index (χ3n) is 1.44. The van der Waals surface area contributed by atoms with Crippen molar-refractivity contribution in [3.8, 4) is 0 Å². The van der Waals surface area contributed by atoms with Gasteiger partial charge < -0.3 is 19.3 Å². The molecule has 0 radical (unpaired) electrons. The maximum atomic E-state index is 10.8. The van der Waals surface area contributed by atoms with Crippen molar-refractivity contribution in [1.82, 2.24) is 0 Å². The van der Waals surface area contributed by atoms with Crippen LogP contribution in [0.3, 0.4) is 0 Å². The largest absolute Gasteiger partial charge is 0.469 e. The van der Waals surface area contributed by atoms with E-state index in [-0.39, 0.29) is 25.4 Å². The molecule has 16 heavy (non-hydrogen) atoms. The first-order valence-electron chi connectivity index (χ1n) is 4.40. The fourth-order valence-electron chi connectivity index (χ4n) is 0.743. The SMILES string of the molecule is C=C(COCCCOP(=O)(O)O)C(=O)OC. The summed E-state index contributed by atoms with van der Waals surface area (Å²) in [5.74, 6) is -0.550. The van der Waals surface area contributed by atoms with Gasteiger partial charge in [-0.1, -0.05) is 6.58 Å². The lowest BCUT2D eigenvalue weighted by Gasteiger charge is -2.06. The maximum absolute atomic E-state index is 10.8. The van der Waals surface area contributed by atoms with Gasteiger partial charge in [0.1, 0.15) is 0 Å². The van der Waals surface area contributed by atoms with Gasteiger partial charge in [-0.15, -0.1) is 0 Å². The number of rotatable bonds is 8. The van der Waals surface area contributed by atoms with Crippen molar-refractivity contribution in [3.05, 3.63) is 12.2 Å². The van der Waals surface area contributed by atoms with Gasteiger partial charge in [0.25, 0.3) is 0 Å². The first-order valence-corrected chi connectivity index (χ1v) is 5.94. The Hall–Kier alpha value is -0.720. The average Bonchev–Trinajstić information content (AvgIpc) is 2.20. The minimum atomic E-state index is -4.40. The minimum Gasteiger partial charge on any atom is -0.466 e. The number of carbonyl (C=O) groups is 1. The fraction of sp³-hybridized carbons (Fsp3) is 0.625. The molecule has 0 aromatic heterocycles. The number of hydrogen-bond acceptors (Lipinski definition) is 5. The molecule has 8 heteroatoms. The number of carbonyl (C=O) groups excluding carboxylic acids is 1. The number of hydrogen-bond donors (Lipinski definition) is 2. The van der Waals surface area contributed by atoms with Crippen LogP contribution in [0, 0.1) is 0 Å². The second kappa shape index (κ2) is 7.54. The van der Waals surface area contributed by atoms with Crippen molar-refractivity contribution in [1.29, 1.82) is 0 Å². The van der Waals surface area contributed by atoms with E-state index in [0.717, 1.165) is 0 Å². The molecule has 0 aromatic rings. The van der Waals surface area contributed by atoms with Crippen LogP contribution in [0.4, 0.5) is 0 Å². The average molecular weight is 254 g/mol. The quantitative estimate of drug-likeness (QED) is 0.276. The Kier molecular flexibility index (Phi) is 7.20. The highest BCUT2D eigenvalue weighted by Gasteiger charge is 2.12. The summed E-state index contributed by atoms with van der Waals surface area (Å²) in [5.41, 5.74) is 0.179. The molecule has 0 aliphatic rings. The second-order valence-electron chi connectivity index (χ2n) is 2.83. The molecule has 0 atom stereocenters. The Balaban J connectivity index is 3.44. The molecule has 0 aliphatic heterocycles. The molecule has 0 aliphatic carbocycles. The highest BCUT2D eigenvalue weighted by atomic mass is 31.2. The second-order valence-corrected chi connectivity index (χ2v) is 4.06. The molecule has 0 saturated heterocycles. The molecule has 2 N–H and O–H groups in total. The zero-order valence-electron chi connectivity index (χ0n) is 8.92. The van der Waals surface area contributed by atoms with Gasteiger partial charge in [0.05, 0.1) is 25.9 Å². The van der Waals surface area contributed by atoms with E-state index in [2.05, 4.69) is 15.8 Å². The molecule has 7 nitrogen and oxygen atoms in total. The van der Waals surface area contributed by atoms with E-state index < -0.39 is 13.8 Å². The summed E-state index contributed by atoms with van der Waals surface area (Å²) in [6.07, 6.45) is 0.305. The molecule has 0 amide bonds. The van der Waals surface area contributed by atoms with E-state index in [1.807, 2.05) is 0 Å². The molecule has 0 rings (SSSR count). The first-order chi connectivity index (χ1) is 7.37. The van der Waals surface area contributed by atoms with E-state index >= 15 is 0 Å². The van der Waals surface area contributed by atoms with Gasteiger partial charge in [0.2, 0.25) is 0 Å². The van der Waals surface area contributed by atoms with E-state index in [4.69, 9.17) is 14.5 Å². The Morgan fingerprint density at radius 2 is 2.00 bits per heavy atom. The third-order valence-corrected chi connectivity index (χ3v) is 1.96. The van der Waals surface area contributed by atoms with Crippen LogP contribution in [-0.4, -0.2) is 42.7 Å². The number of ether oxygens (including phenoxy) is 2. The Morgan fingerprint density at radius 3 is 2.50 bits per heavy atom. The monoisotopic (exact) mass is 254 g/mol. The van der Waals surface area contributed by atoms with Crippen LogP contribution < -0.4 is 0 Å². The van der Waals surface area contributed by atoms with E-state index in [1.165, 1.54) is 7.11 Å². The Morgan fingerprint density at radius 1 is 1.38 bits per heavy atom. The van der Waals surface area contributed by atoms with Gasteiger partial charge in [-0.25, -0.2) is 9.36 Å². The molecule has 94 valence electrons. The summed E-state index contributed by atoms with van der Waals surface area (Å²) < 4.78 is 23.8. The number of esters is 1. The summed E-state index contributed by atoms with van der Waals surface area (Å²) in [4.78, 5) is 27.5. The highest BCUT2D eigenvalue weighted by Crippen LogP contribution is 2.35. The van der Waals surface area contributed by atoms with Gasteiger partial charge in [0.15, 0.2) is 0 Å². The van der Waals surface area contributed by atoms with Crippen LogP contribution in [0.2, 0.25) is 0 Å². The number of methoxy groups -OCH3 is 1. The lowest BCUT2D eigenvalue weighted by Crippen LogP contribution is -2.10. The highest BCUT2D eigenvalue weighted by molar-refractivity contribution is 7.46. The summed E-state index contributed by atoms with van der Waals surface area (Å²) in [6, 6.07) is 0. The van der Waals surface area contributed by atoms with Crippen molar-refractivity contribution in [2.45, 2.75) is 6.42 Å². The van der Waals surface area contributed by atoms with E-state index in [1.54, 1.807) is 0 Å². The van der Waals surface area contributed by atoms with Gasteiger partial charge in [0, 0.05) is 6.61 Å². The summed E-state index contributed by atoms with van der Waals surface area (Å²) >= 11 is 0.